The lowest BCUT2D eigenvalue weighted by molar-refractivity contribution is 0.0712. The van der Waals surface area contributed by atoms with Crippen LogP contribution in [0.15, 0.2) is 65.3 Å². The number of carbonyl (C=O) groups is 2. The number of nitrogens with zero attached hydrogens (tertiary/aromatic N) is 1. The second-order valence-corrected chi connectivity index (χ2v) is 7.75. The average molecular weight is 427 g/mol. The molecule has 0 bridgehead atoms. The summed E-state index contributed by atoms with van der Waals surface area (Å²) in [6.07, 6.45) is 3.56. The van der Waals surface area contributed by atoms with Crippen molar-refractivity contribution < 1.29 is 18.4 Å². The molecule has 1 fully saturated rings. The molecule has 2 aromatic carbocycles. The molecule has 0 radical (unpaired) electrons. The first-order chi connectivity index (χ1) is 14.5. The Hall–Kier alpha value is -3.12. The van der Waals surface area contributed by atoms with E-state index in [0.29, 0.717) is 11.3 Å². The largest absolute Gasteiger partial charge is 0.467 e. The summed E-state index contributed by atoms with van der Waals surface area (Å²) in [5.41, 5.74) is 1.27. The van der Waals surface area contributed by atoms with Gasteiger partial charge in [0.05, 0.1) is 18.4 Å². The van der Waals surface area contributed by atoms with E-state index in [-0.39, 0.29) is 35.6 Å². The first kappa shape index (κ1) is 20.2. The van der Waals surface area contributed by atoms with Crippen LogP contribution in [-0.4, -0.2) is 22.8 Å². The zero-order chi connectivity index (χ0) is 21.1. The van der Waals surface area contributed by atoms with Crippen LogP contribution in [0.4, 0.5) is 4.39 Å². The van der Waals surface area contributed by atoms with E-state index in [1.807, 2.05) is 0 Å². The Labute approximate surface area is 178 Å². The third kappa shape index (κ3) is 4.89. The Morgan fingerprint density at radius 2 is 1.87 bits per heavy atom. The number of benzene rings is 2. The predicted molar refractivity (Wildman–Crippen MR) is 111 cm³/mol. The molecule has 4 rings (SSSR count). The van der Waals surface area contributed by atoms with Crippen LogP contribution in [0.25, 0.3) is 0 Å². The minimum absolute atomic E-state index is 0.102. The molecule has 0 unspecified atom stereocenters. The molecular weight excluding hydrogens is 407 g/mol. The Morgan fingerprint density at radius 3 is 2.53 bits per heavy atom. The van der Waals surface area contributed by atoms with E-state index in [1.54, 1.807) is 36.4 Å². The highest BCUT2D eigenvalue weighted by Crippen LogP contribution is 2.21. The molecule has 5 nitrogen and oxygen atoms in total. The van der Waals surface area contributed by atoms with Crippen LogP contribution in [0.2, 0.25) is 5.02 Å². The number of rotatable bonds is 7. The molecule has 0 saturated heterocycles. The number of hydrogen-bond acceptors (Lipinski definition) is 3. The molecule has 3 aromatic rings. The van der Waals surface area contributed by atoms with Gasteiger partial charge in [0, 0.05) is 23.2 Å². The quantitative estimate of drug-likeness (QED) is 0.590. The van der Waals surface area contributed by atoms with Crippen molar-refractivity contribution >= 4 is 23.4 Å². The van der Waals surface area contributed by atoms with Gasteiger partial charge in [-0.15, -0.1) is 0 Å². The van der Waals surface area contributed by atoms with Gasteiger partial charge in [0.1, 0.15) is 11.6 Å². The van der Waals surface area contributed by atoms with E-state index >= 15 is 0 Å². The highest BCUT2D eigenvalue weighted by atomic mass is 35.5. The normalized spacial score (nSPS) is 13.1. The van der Waals surface area contributed by atoms with Gasteiger partial charge >= 0.3 is 0 Å². The molecule has 0 atom stereocenters. The Bertz CT molecular complexity index is 1050. The molecule has 1 saturated carbocycles. The second-order valence-electron chi connectivity index (χ2n) is 7.31. The first-order valence-electron chi connectivity index (χ1n) is 9.66. The predicted octanol–water partition coefficient (Wildman–Crippen LogP) is 4.81. The second kappa shape index (κ2) is 8.71. The molecule has 1 heterocycles. The Kier molecular flexibility index (Phi) is 5.86. The van der Waals surface area contributed by atoms with Gasteiger partial charge in [-0.2, -0.15) is 0 Å². The maximum absolute atomic E-state index is 14.3. The first-order valence-corrected chi connectivity index (χ1v) is 10.0. The lowest BCUT2D eigenvalue weighted by atomic mass is 10.1. The SMILES string of the molecule is O=C(NC1CC1)c1ccc(CN(Cc2ccco2)C(=O)c2cc(Cl)ccc2F)cc1. The van der Waals surface area contributed by atoms with Crippen LogP contribution in [0.5, 0.6) is 0 Å². The Balaban J connectivity index is 1.54. The summed E-state index contributed by atoms with van der Waals surface area (Å²) in [5, 5.41) is 3.22. The third-order valence-electron chi connectivity index (χ3n) is 4.87. The van der Waals surface area contributed by atoms with Crippen LogP contribution in [0.3, 0.4) is 0 Å². The zero-order valence-corrected chi connectivity index (χ0v) is 16.9. The standard InChI is InChI=1S/C23H20ClFN2O3/c24-17-7-10-21(25)20(12-17)23(29)27(14-19-2-1-11-30-19)13-15-3-5-16(6-4-15)22(28)26-18-8-9-18/h1-7,10-12,18H,8-9,13-14H2,(H,26,28). The van der Waals surface area contributed by atoms with Crippen LogP contribution >= 0.6 is 11.6 Å². The molecular formula is C23H20ClFN2O3. The van der Waals surface area contributed by atoms with Crippen LogP contribution in [0.1, 0.15) is 44.9 Å². The number of nitrogens with one attached hydrogen (secondary N) is 1. The fourth-order valence-electron chi connectivity index (χ4n) is 3.10. The van der Waals surface area contributed by atoms with Gasteiger partial charge < -0.3 is 14.6 Å². The van der Waals surface area contributed by atoms with Crippen LogP contribution in [0, 0.1) is 5.82 Å². The lowest BCUT2D eigenvalue weighted by Crippen LogP contribution is -2.30. The third-order valence-corrected chi connectivity index (χ3v) is 5.11. The van der Waals surface area contributed by atoms with Crippen LogP contribution in [-0.2, 0) is 13.1 Å². The summed E-state index contributed by atoms with van der Waals surface area (Å²) in [4.78, 5) is 26.7. The van der Waals surface area contributed by atoms with Gasteiger partial charge in [-0.05, 0) is 60.9 Å². The summed E-state index contributed by atoms with van der Waals surface area (Å²) in [7, 11) is 0. The van der Waals surface area contributed by atoms with Crippen molar-refractivity contribution in [1.82, 2.24) is 10.2 Å². The van der Waals surface area contributed by atoms with Gasteiger partial charge in [0.25, 0.3) is 11.8 Å². The van der Waals surface area contributed by atoms with E-state index < -0.39 is 11.7 Å². The van der Waals surface area contributed by atoms with Gasteiger partial charge in [-0.25, -0.2) is 4.39 Å². The zero-order valence-electron chi connectivity index (χ0n) is 16.1. The fourth-order valence-corrected chi connectivity index (χ4v) is 3.27. The van der Waals surface area contributed by atoms with Crippen molar-refractivity contribution in [2.24, 2.45) is 0 Å². The van der Waals surface area contributed by atoms with Gasteiger partial charge in [-0.1, -0.05) is 23.7 Å². The average Bonchev–Trinajstić information content (AvgIpc) is 3.40. The summed E-state index contributed by atoms with van der Waals surface area (Å²) < 4.78 is 19.6. The number of furan rings is 1. The molecule has 154 valence electrons. The molecule has 7 heteroatoms. The monoisotopic (exact) mass is 426 g/mol. The number of halogens is 2. The van der Waals surface area contributed by atoms with Crippen molar-refractivity contribution in [3.8, 4) is 0 Å². The minimum Gasteiger partial charge on any atom is -0.467 e. The van der Waals surface area contributed by atoms with Gasteiger partial charge in [-0.3, -0.25) is 9.59 Å². The molecule has 0 aliphatic heterocycles. The number of amides is 2. The van der Waals surface area contributed by atoms with Crippen molar-refractivity contribution in [1.29, 1.82) is 0 Å². The summed E-state index contributed by atoms with van der Waals surface area (Å²) >= 11 is 5.96. The summed E-state index contributed by atoms with van der Waals surface area (Å²) in [6, 6.07) is 14.7. The number of carbonyl (C=O) groups excluding carboxylic acids is 2. The fraction of sp³-hybridized carbons (Fsp3) is 0.217. The van der Waals surface area contributed by atoms with Crippen molar-refractivity contribution in [2.75, 3.05) is 0 Å². The molecule has 0 spiro atoms. The summed E-state index contributed by atoms with van der Waals surface area (Å²) in [6.45, 7) is 0.387. The molecule has 1 aliphatic carbocycles. The maximum Gasteiger partial charge on any atom is 0.257 e. The maximum atomic E-state index is 14.3. The van der Waals surface area contributed by atoms with Gasteiger partial charge in [0.15, 0.2) is 0 Å². The van der Waals surface area contributed by atoms with E-state index in [2.05, 4.69) is 5.32 Å². The molecule has 1 aliphatic rings. The molecule has 2 amide bonds. The lowest BCUT2D eigenvalue weighted by Gasteiger charge is -2.22. The minimum atomic E-state index is -0.638. The van der Waals surface area contributed by atoms with E-state index in [0.717, 1.165) is 18.4 Å². The van der Waals surface area contributed by atoms with Crippen LogP contribution < -0.4 is 5.32 Å². The molecule has 1 aromatic heterocycles. The summed E-state index contributed by atoms with van der Waals surface area (Å²) in [5.74, 6) is -0.664. The van der Waals surface area contributed by atoms with Crippen molar-refractivity contribution in [3.63, 3.8) is 0 Å². The number of hydrogen-bond donors (Lipinski definition) is 1. The molecule has 1 N–H and O–H groups in total. The molecule has 30 heavy (non-hydrogen) atoms. The highest BCUT2D eigenvalue weighted by molar-refractivity contribution is 6.31. The van der Waals surface area contributed by atoms with E-state index in [1.165, 1.54) is 29.4 Å². The van der Waals surface area contributed by atoms with Crippen molar-refractivity contribution in [3.05, 3.63) is 94.2 Å². The van der Waals surface area contributed by atoms with Gasteiger partial charge in [0.2, 0.25) is 0 Å². The highest BCUT2D eigenvalue weighted by Gasteiger charge is 2.24. The smallest absolute Gasteiger partial charge is 0.257 e. The van der Waals surface area contributed by atoms with Crippen molar-refractivity contribution in [2.45, 2.75) is 32.0 Å². The Morgan fingerprint density at radius 1 is 1.10 bits per heavy atom. The van der Waals surface area contributed by atoms with E-state index in [4.69, 9.17) is 16.0 Å². The van der Waals surface area contributed by atoms with E-state index in [9.17, 15) is 14.0 Å². The topological polar surface area (TPSA) is 62.6 Å².